The molecule has 0 amide bonds. The number of benzene rings is 1. The monoisotopic (exact) mass is 269 g/mol. The summed E-state index contributed by atoms with van der Waals surface area (Å²) in [4.78, 5) is 33.1. The molecule has 0 unspecified atom stereocenters. The second-order valence-electron chi connectivity index (χ2n) is 3.08. The Morgan fingerprint density at radius 3 is 1.87 bits per heavy atom. The average Bonchev–Trinajstić information content (AvgIpc) is 2.43. The minimum absolute atomic E-state index is 0.0936. The van der Waals surface area contributed by atoms with Gasteiger partial charge < -0.3 is 0 Å². The highest BCUT2D eigenvalue weighted by Crippen LogP contribution is 2.36. The van der Waals surface area contributed by atoms with Crippen molar-refractivity contribution in [3.05, 3.63) is 45.5 Å². The van der Waals surface area contributed by atoms with Crippen LogP contribution in [0.15, 0.2) is 24.3 Å². The molecule has 0 heterocycles. The van der Waals surface area contributed by atoms with Crippen LogP contribution in [0, 0.1) is 10.1 Å². The third-order valence-corrected chi connectivity index (χ3v) is 3.28. The zero-order valence-corrected chi connectivity index (χ0v) is 8.85. The predicted octanol–water partition coefficient (Wildman–Crippen LogP) is 1.43. The maximum atomic E-state index is 11.7. The van der Waals surface area contributed by atoms with E-state index < -0.39 is 20.9 Å². The van der Waals surface area contributed by atoms with Gasteiger partial charge in [0, 0.05) is 27.1 Å². The Hall–Kier alpha value is -1.56. The Balaban J connectivity index is 2.70. The highest BCUT2D eigenvalue weighted by molar-refractivity contribution is 9.10. The molecule has 6 heteroatoms. The van der Waals surface area contributed by atoms with Gasteiger partial charge in [0.15, 0.2) is 0 Å². The molecule has 76 valence electrons. The topological polar surface area (TPSA) is 77.3 Å². The Kier molecular flexibility index (Phi) is 1.97. The van der Waals surface area contributed by atoms with Crippen LogP contribution in [0.25, 0.3) is 0 Å². The normalized spacial score (nSPS) is 17.7. The molecule has 15 heavy (non-hydrogen) atoms. The molecule has 5 nitrogen and oxygen atoms in total. The fourth-order valence-corrected chi connectivity index (χ4v) is 1.93. The van der Waals surface area contributed by atoms with Crippen LogP contribution in [-0.4, -0.2) is 20.9 Å². The number of nitrogens with zero attached hydrogens (tertiary/aromatic N) is 1. The molecule has 0 radical (unpaired) electrons. The number of ketones is 2. The molecule has 0 fully saturated rings. The van der Waals surface area contributed by atoms with Crippen molar-refractivity contribution in [2.24, 2.45) is 0 Å². The number of alkyl halides is 1. The van der Waals surface area contributed by atoms with E-state index in [1.54, 1.807) is 12.1 Å². The minimum atomic E-state index is -2.32. The number of Topliss-reactive ketones (excluding diaryl/α,β-unsaturated/α-hetero) is 2. The van der Waals surface area contributed by atoms with Crippen LogP contribution >= 0.6 is 15.9 Å². The lowest BCUT2D eigenvalue weighted by atomic mass is 10.1. The zero-order chi connectivity index (χ0) is 11.2. The number of carbonyl (C=O) groups excluding carboxylic acids is 2. The molecule has 0 aromatic heterocycles. The molecule has 1 aromatic carbocycles. The van der Waals surface area contributed by atoms with Crippen molar-refractivity contribution in [1.82, 2.24) is 0 Å². The van der Waals surface area contributed by atoms with Crippen molar-refractivity contribution in [2.75, 3.05) is 0 Å². The Morgan fingerprint density at radius 2 is 1.53 bits per heavy atom. The van der Waals surface area contributed by atoms with Gasteiger partial charge in [0.05, 0.1) is 4.92 Å². The van der Waals surface area contributed by atoms with Crippen LogP contribution in [0.5, 0.6) is 0 Å². The van der Waals surface area contributed by atoms with Gasteiger partial charge in [-0.25, -0.2) is 0 Å². The molecule has 0 saturated heterocycles. The summed E-state index contributed by atoms with van der Waals surface area (Å²) in [6.07, 6.45) is 0. The van der Waals surface area contributed by atoms with E-state index in [1.807, 2.05) is 0 Å². The SMILES string of the molecule is O=C1c2ccccc2C(=O)C1(Br)[N+](=O)[O-]. The van der Waals surface area contributed by atoms with Crippen LogP contribution in [-0.2, 0) is 0 Å². The van der Waals surface area contributed by atoms with Crippen LogP contribution in [0.1, 0.15) is 20.7 Å². The minimum Gasteiger partial charge on any atom is -0.284 e. The quantitative estimate of drug-likeness (QED) is 0.254. The lowest BCUT2D eigenvalue weighted by Crippen LogP contribution is -2.42. The van der Waals surface area contributed by atoms with Gasteiger partial charge in [-0.2, -0.15) is 0 Å². The first kappa shape index (κ1) is 9.97. The van der Waals surface area contributed by atoms with Gasteiger partial charge in [-0.15, -0.1) is 0 Å². The number of carbonyl (C=O) groups is 2. The lowest BCUT2D eigenvalue weighted by Gasteiger charge is -2.07. The van der Waals surface area contributed by atoms with E-state index in [2.05, 4.69) is 15.9 Å². The smallest absolute Gasteiger partial charge is 0.284 e. The van der Waals surface area contributed by atoms with Crippen molar-refractivity contribution < 1.29 is 14.5 Å². The van der Waals surface area contributed by atoms with Crippen LogP contribution < -0.4 is 0 Å². The summed E-state index contributed by atoms with van der Waals surface area (Å²) in [5.74, 6) is -1.62. The van der Waals surface area contributed by atoms with Gasteiger partial charge in [-0.3, -0.25) is 19.7 Å². The fourth-order valence-electron chi connectivity index (χ4n) is 1.50. The van der Waals surface area contributed by atoms with Crippen molar-refractivity contribution in [2.45, 2.75) is 4.45 Å². The fraction of sp³-hybridized carbons (Fsp3) is 0.111. The van der Waals surface area contributed by atoms with Gasteiger partial charge in [-0.1, -0.05) is 24.3 Å². The van der Waals surface area contributed by atoms with Crippen molar-refractivity contribution in [3.8, 4) is 0 Å². The van der Waals surface area contributed by atoms with Crippen molar-refractivity contribution in [1.29, 1.82) is 0 Å². The van der Waals surface area contributed by atoms with E-state index >= 15 is 0 Å². The van der Waals surface area contributed by atoms with Crippen LogP contribution in [0.3, 0.4) is 0 Å². The van der Waals surface area contributed by atoms with Crippen molar-refractivity contribution in [3.63, 3.8) is 0 Å². The van der Waals surface area contributed by atoms with Crippen LogP contribution in [0.2, 0.25) is 0 Å². The molecule has 2 rings (SSSR count). The molecule has 1 aliphatic rings. The first-order valence-electron chi connectivity index (χ1n) is 4.01. The van der Waals surface area contributed by atoms with E-state index in [-0.39, 0.29) is 11.1 Å². The predicted molar refractivity (Wildman–Crippen MR) is 53.8 cm³/mol. The van der Waals surface area contributed by atoms with E-state index in [1.165, 1.54) is 12.1 Å². The number of hydrogen-bond acceptors (Lipinski definition) is 4. The van der Waals surface area contributed by atoms with E-state index in [4.69, 9.17) is 0 Å². The summed E-state index contributed by atoms with van der Waals surface area (Å²) in [7, 11) is 0. The first-order chi connectivity index (χ1) is 6.99. The molecule has 0 aliphatic heterocycles. The molecule has 1 aromatic rings. The summed E-state index contributed by atoms with van der Waals surface area (Å²) in [6, 6.07) is 5.93. The van der Waals surface area contributed by atoms with Gasteiger partial charge in [-0.05, 0) is 0 Å². The maximum absolute atomic E-state index is 11.7. The average molecular weight is 270 g/mol. The highest BCUT2D eigenvalue weighted by atomic mass is 79.9. The van der Waals surface area contributed by atoms with E-state index in [0.717, 1.165) is 0 Å². The molecule has 1 aliphatic carbocycles. The molecular weight excluding hydrogens is 266 g/mol. The van der Waals surface area contributed by atoms with E-state index in [9.17, 15) is 19.7 Å². The molecule has 0 bridgehead atoms. The summed E-state index contributed by atoms with van der Waals surface area (Å²) in [5, 5.41) is 10.7. The third-order valence-electron chi connectivity index (χ3n) is 2.27. The van der Waals surface area contributed by atoms with E-state index in [0.29, 0.717) is 0 Å². The summed E-state index contributed by atoms with van der Waals surface area (Å²) >= 11 is 2.62. The molecule has 0 N–H and O–H groups in total. The molecular formula is C9H4BrNO4. The van der Waals surface area contributed by atoms with Crippen LogP contribution in [0.4, 0.5) is 0 Å². The zero-order valence-electron chi connectivity index (χ0n) is 7.27. The molecule has 0 spiro atoms. The van der Waals surface area contributed by atoms with Gasteiger partial charge in [0.2, 0.25) is 0 Å². The number of rotatable bonds is 1. The molecule has 0 atom stereocenters. The highest BCUT2D eigenvalue weighted by Gasteiger charge is 2.62. The van der Waals surface area contributed by atoms with Gasteiger partial charge >= 0.3 is 4.45 Å². The number of nitro groups is 1. The Bertz CT molecular complexity index is 462. The number of fused-ring (bicyclic) bond motifs is 1. The third kappa shape index (κ3) is 1.08. The summed E-state index contributed by atoms with van der Waals surface area (Å²) < 4.78 is -2.32. The second-order valence-corrected chi connectivity index (χ2v) is 4.23. The van der Waals surface area contributed by atoms with Crippen molar-refractivity contribution >= 4 is 27.5 Å². The largest absolute Gasteiger partial charge is 0.397 e. The number of halogens is 1. The Morgan fingerprint density at radius 1 is 1.13 bits per heavy atom. The maximum Gasteiger partial charge on any atom is 0.397 e. The second kappa shape index (κ2) is 2.96. The van der Waals surface area contributed by atoms with Gasteiger partial charge in [0.1, 0.15) is 0 Å². The summed E-state index contributed by atoms with van der Waals surface area (Å²) in [5.41, 5.74) is 0.187. The Labute approximate surface area is 92.4 Å². The first-order valence-corrected chi connectivity index (χ1v) is 4.81. The standard InChI is InChI=1S/C9H4BrNO4/c10-9(11(14)15)7(12)5-3-1-2-4-6(5)8(9)13/h1-4H. The lowest BCUT2D eigenvalue weighted by molar-refractivity contribution is -0.499. The van der Waals surface area contributed by atoms with Gasteiger partial charge in [0.25, 0.3) is 11.6 Å². The molecule has 0 saturated carbocycles. The summed E-state index contributed by atoms with van der Waals surface area (Å²) in [6.45, 7) is 0. The number of hydrogen-bond donors (Lipinski definition) is 0.